The second kappa shape index (κ2) is 11.4. The van der Waals surface area contributed by atoms with Gasteiger partial charge in [-0.1, -0.05) is 44.0 Å². The Bertz CT molecular complexity index is 1030. The number of carbonyl (C=O) groups excluding carboxylic acids is 5. The highest BCUT2D eigenvalue weighted by Gasteiger charge is 2.70. The number of hydrogen-bond acceptors (Lipinski definition) is 10. The lowest BCUT2D eigenvalue weighted by Crippen LogP contribution is -2.43. The number of esters is 3. The summed E-state index contributed by atoms with van der Waals surface area (Å²) in [5.41, 5.74) is -3.06. The third-order valence-electron chi connectivity index (χ3n) is 7.24. The molecule has 2 unspecified atom stereocenters. The molecule has 0 aromatic carbocycles. The molecule has 3 rings (SSSR count). The Morgan fingerprint density at radius 3 is 1.68 bits per heavy atom. The van der Waals surface area contributed by atoms with Crippen LogP contribution in [0.1, 0.15) is 48.5 Å². The Kier molecular flexibility index (Phi) is 9.35. The van der Waals surface area contributed by atoms with Crippen molar-refractivity contribution in [2.45, 2.75) is 68.3 Å². The highest BCUT2D eigenvalue weighted by Crippen LogP contribution is 2.56. The molecule has 0 aromatic rings. The lowest BCUT2D eigenvalue weighted by molar-refractivity contribution is -0.172. The van der Waals surface area contributed by atoms with E-state index < -0.39 is 55.0 Å². The van der Waals surface area contributed by atoms with Crippen molar-refractivity contribution in [1.29, 1.82) is 0 Å². The van der Waals surface area contributed by atoms with E-state index in [1.807, 2.05) is 26.0 Å². The third-order valence-corrected chi connectivity index (χ3v) is 7.89. The number of alkyl halides is 2. The summed E-state index contributed by atoms with van der Waals surface area (Å²) in [5, 5.41) is 0. The Morgan fingerprint density at radius 2 is 1.25 bits per heavy atom. The molecule has 0 spiro atoms. The van der Waals surface area contributed by atoms with Gasteiger partial charge in [-0.25, -0.2) is 0 Å². The van der Waals surface area contributed by atoms with Gasteiger partial charge in [0.25, 0.3) is 0 Å². The molecule has 0 radical (unpaired) electrons. The average Bonchev–Trinajstić information content (AvgIpc) is 3.39. The van der Waals surface area contributed by atoms with E-state index >= 15 is 0 Å². The molecule has 0 saturated carbocycles. The van der Waals surface area contributed by atoms with Crippen LogP contribution >= 0.6 is 31.9 Å². The SMILES string of the molecule is CC(C)(Br)C(=O)OCC(C)(COC(=O)C(C)(C)Br)C(=O)OCCOCCN1C(=O)[C@@H]2[C@H](C1=O)C1(C)C=CC2(C)O1. The zero-order valence-corrected chi connectivity index (χ0v) is 27.0. The van der Waals surface area contributed by atoms with Crippen molar-refractivity contribution >= 4 is 61.6 Å². The minimum Gasteiger partial charge on any atom is -0.463 e. The summed E-state index contributed by atoms with van der Waals surface area (Å²) in [6.07, 6.45) is 3.70. The number of likely N-dealkylation sites (tertiary alicyclic amines) is 1. The van der Waals surface area contributed by atoms with E-state index in [1.54, 1.807) is 27.7 Å². The van der Waals surface area contributed by atoms with E-state index in [0.717, 1.165) is 0 Å². The second-order valence-electron chi connectivity index (χ2n) is 12.0. The van der Waals surface area contributed by atoms with E-state index in [0.29, 0.717) is 0 Å². The van der Waals surface area contributed by atoms with Gasteiger partial charge in [-0.2, -0.15) is 0 Å². The average molecular weight is 695 g/mol. The van der Waals surface area contributed by atoms with Crippen LogP contribution < -0.4 is 0 Å². The quantitative estimate of drug-likeness (QED) is 0.0708. The fourth-order valence-corrected chi connectivity index (χ4v) is 5.12. The number of ether oxygens (including phenoxy) is 5. The van der Waals surface area contributed by atoms with Crippen LogP contribution in [0.4, 0.5) is 0 Å². The predicted molar refractivity (Wildman–Crippen MR) is 149 cm³/mol. The lowest BCUT2D eigenvalue weighted by atomic mass is 9.73. The summed E-state index contributed by atoms with van der Waals surface area (Å²) in [4.78, 5) is 64.6. The van der Waals surface area contributed by atoms with Gasteiger partial charge in [-0.05, 0) is 48.5 Å². The number of amides is 2. The molecular formula is C27H37Br2NO10. The van der Waals surface area contributed by atoms with Crippen LogP contribution in [-0.4, -0.2) is 94.1 Å². The van der Waals surface area contributed by atoms with Gasteiger partial charge >= 0.3 is 17.9 Å². The third kappa shape index (κ3) is 6.63. The van der Waals surface area contributed by atoms with Crippen molar-refractivity contribution in [1.82, 2.24) is 4.90 Å². The topological polar surface area (TPSA) is 135 Å². The number of nitrogens with zero attached hydrogens (tertiary/aromatic N) is 1. The molecule has 2 bridgehead atoms. The van der Waals surface area contributed by atoms with Gasteiger partial charge in [-0.15, -0.1) is 0 Å². The maximum atomic E-state index is 13.0. The van der Waals surface area contributed by atoms with Crippen LogP contribution in [0, 0.1) is 17.3 Å². The van der Waals surface area contributed by atoms with Crippen molar-refractivity contribution in [3.63, 3.8) is 0 Å². The molecular weight excluding hydrogens is 658 g/mol. The van der Waals surface area contributed by atoms with Gasteiger partial charge in [0.15, 0.2) is 0 Å². The fourth-order valence-electron chi connectivity index (χ4n) is 4.89. The molecule has 2 fully saturated rings. The molecule has 0 N–H and O–H groups in total. The van der Waals surface area contributed by atoms with Gasteiger partial charge in [0, 0.05) is 0 Å². The smallest absolute Gasteiger partial charge is 0.322 e. The zero-order chi connectivity index (χ0) is 30.3. The molecule has 3 aliphatic heterocycles. The van der Waals surface area contributed by atoms with E-state index in [2.05, 4.69) is 31.9 Å². The fraction of sp³-hybridized carbons (Fsp3) is 0.741. The van der Waals surface area contributed by atoms with Crippen molar-refractivity contribution in [2.75, 3.05) is 39.6 Å². The molecule has 224 valence electrons. The number of imide groups is 1. The predicted octanol–water partition coefficient (Wildman–Crippen LogP) is 2.70. The number of hydrogen-bond donors (Lipinski definition) is 0. The van der Waals surface area contributed by atoms with Gasteiger partial charge in [-0.3, -0.25) is 28.9 Å². The first-order valence-electron chi connectivity index (χ1n) is 13.0. The minimum absolute atomic E-state index is 0.00651. The highest BCUT2D eigenvalue weighted by molar-refractivity contribution is 9.10. The van der Waals surface area contributed by atoms with E-state index in [-0.39, 0.29) is 51.4 Å². The van der Waals surface area contributed by atoms with Crippen LogP contribution in [0.25, 0.3) is 0 Å². The summed E-state index contributed by atoms with van der Waals surface area (Å²) in [7, 11) is 0. The first kappa shape index (κ1) is 32.7. The van der Waals surface area contributed by atoms with Crippen LogP contribution in [0.2, 0.25) is 0 Å². The maximum absolute atomic E-state index is 13.0. The Balaban J connectivity index is 1.48. The maximum Gasteiger partial charge on any atom is 0.322 e. The first-order chi connectivity index (χ1) is 18.3. The largest absolute Gasteiger partial charge is 0.463 e. The molecule has 4 atom stereocenters. The Labute approximate surface area is 250 Å². The monoisotopic (exact) mass is 693 g/mol. The molecule has 2 saturated heterocycles. The number of rotatable bonds is 13. The van der Waals surface area contributed by atoms with Crippen LogP contribution in [-0.2, 0) is 47.7 Å². The highest BCUT2D eigenvalue weighted by atomic mass is 79.9. The van der Waals surface area contributed by atoms with Crippen LogP contribution in [0.15, 0.2) is 12.2 Å². The Morgan fingerprint density at radius 1 is 0.800 bits per heavy atom. The molecule has 3 aliphatic rings. The summed E-state index contributed by atoms with van der Waals surface area (Å²) >= 11 is 6.42. The summed E-state index contributed by atoms with van der Waals surface area (Å²) in [6, 6.07) is 0. The van der Waals surface area contributed by atoms with Crippen molar-refractivity contribution in [3.05, 3.63) is 12.2 Å². The number of fused-ring (bicyclic) bond motifs is 5. The second-order valence-corrected chi connectivity index (χ2v) is 16.0. The molecule has 2 amide bonds. The van der Waals surface area contributed by atoms with Gasteiger partial charge in [0.05, 0.1) is 42.8 Å². The molecule has 3 heterocycles. The van der Waals surface area contributed by atoms with Crippen molar-refractivity contribution in [2.24, 2.45) is 17.3 Å². The van der Waals surface area contributed by atoms with Gasteiger partial charge in [0.1, 0.15) is 33.9 Å². The van der Waals surface area contributed by atoms with Gasteiger partial charge in [0.2, 0.25) is 11.8 Å². The molecule has 40 heavy (non-hydrogen) atoms. The van der Waals surface area contributed by atoms with Crippen LogP contribution in [0.3, 0.4) is 0 Å². The lowest BCUT2D eigenvalue weighted by Gasteiger charge is -2.28. The normalized spacial score (nSPS) is 27.7. The van der Waals surface area contributed by atoms with Gasteiger partial charge < -0.3 is 23.7 Å². The number of halogens is 2. The van der Waals surface area contributed by atoms with Crippen molar-refractivity contribution in [3.8, 4) is 0 Å². The summed E-state index contributed by atoms with van der Waals surface area (Å²) in [6.45, 7) is 10.7. The summed E-state index contributed by atoms with van der Waals surface area (Å²) in [5.74, 6) is -3.62. The Hall–Kier alpha value is -1.83. The minimum atomic E-state index is -1.48. The molecule has 0 aromatic heterocycles. The first-order valence-corrected chi connectivity index (χ1v) is 14.6. The van der Waals surface area contributed by atoms with E-state index in [1.165, 1.54) is 11.8 Å². The molecule has 0 aliphatic carbocycles. The summed E-state index contributed by atoms with van der Waals surface area (Å²) < 4.78 is 25.5. The molecule has 13 heteroatoms. The van der Waals surface area contributed by atoms with E-state index in [4.69, 9.17) is 23.7 Å². The standard InChI is InChI=1S/C27H37Br2NO10/c1-23(2,28)20(33)38-14-25(5,15-39-21(34)24(3,4)29)22(35)37-13-12-36-11-10-30-18(31)16-17(19(30)32)27(7)9-8-26(16,6)40-27/h8-9,16-17H,10-15H2,1-7H3/t16-,17+,26?,27?. The molecule has 11 nitrogen and oxygen atoms in total. The number of carbonyl (C=O) groups is 5. The van der Waals surface area contributed by atoms with E-state index in [9.17, 15) is 24.0 Å². The van der Waals surface area contributed by atoms with Crippen LogP contribution in [0.5, 0.6) is 0 Å². The van der Waals surface area contributed by atoms with Crippen molar-refractivity contribution < 1.29 is 47.7 Å². The zero-order valence-electron chi connectivity index (χ0n) is 23.8.